The number of nitriles is 1. The molecule has 0 aromatic carbocycles. The normalized spacial score (nSPS) is 25.8. The summed E-state index contributed by atoms with van der Waals surface area (Å²) in [5.41, 5.74) is -0.386. The SMILES string of the molecule is CCC(C#N)(CCCN1CCS(=O)(=O)CC1)NC1CC1. The molecule has 1 aliphatic heterocycles. The molecular formula is C14H25N3O2S. The summed E-state index contributed by atoms with van der Waals surface area (Å²) in [6, 6.07) is 3.00. The van der Waals surface area contributed by atoms with Gasteiger partial charge in [0.2, 0.25) is 0 Å². The van der Waals surface area contributed by atoms with Crippen molar-refractivity contribution in [1.82, 2.24) is 10.2 Å². The highest BCUT2D eigenvalue weighted by Crippen LogP contribution is 2.26. The monoisotopic (exact) mass is 299 g/mol. The molecule has 2 fully saturated rings. The molecule has 6 heteroatoms. The molecule has 20 heavy (non-hydrogen) atoms. The van der Waals surface area contributed by atoms with Crippen molar-refractivity contribution in [3.63, 3.8) is 0 Å². The van der Waals surface area contributed by atoms with E-state index in [-0.39, 0.29) is 17.0 Å². The van der Waals surface area contributed by atoms with Gasteiger partial charge in [-0.3, -0.25) is 5.32 Å². The second-order valence-corrected chi connectivity index (χ2v) is 8.37. The predicted molar refractivity (Wildman–Crippen MR) is 79.1 cm³/mol. The van der Waals surface area contributed by atoms with E-state index < -0.39 is 9.84 Å². The molecule has 1 heterocycles. The fourth-order valence-electron chi connectivity index (χ4n) is 2.71. The summed E-state index contributed by atoms with van der Waals surface area (Å²) in [7, 11) is -2.79. The van der Waals surface area contributed by atoms with E-state index in [1.807, 2.05) is 0 Å². The maximum atomic E-state index is 11.4. The lowest BCUT2D eigenvalue weighted by Crippen LogP contribution is -2.46. The Bertz CT molecular complexity index is 453. The summed E-state index contributed by atoms with van der Waals surface area (Å²) in [5.74, 6) is 0.564. The van der Waals surface area contributed by atoms with Crippen molar-refractivity contribution >= 4 is 9.84 Å². The zero-order valence-corrected chi connectivity index (χ0v) is 13.1. The molecule has 0 aromatic heterocycles. The van der Waals surface area contributed by atoms with Crippen LogP contribution >= 0.6 is 0 Å². The average Bonchev–Trinajstić information content (AvgIpc) is 3.23. The number of nitrogens with one attached hydrogen (secondary N) is 1. The second-order valence-electron chi connectivity index (χ2n) is 6.06. The molecule has 0 spiro atoms. The molecule has 2 rings (SSSR count). The summed E-state index contributed by atoms with van der Waals surface area (Å²) in [6.45, 7) is 4.24. The Morgan fingerprint density at radius 2 is 2.00 bits per heavy atom. The molecular weight excluding hydrogens is 274 g/mol. The van der Waals surface area contributed by atoms with Crippen molar-refractivity contribution in [2.24, 2.45) is 0 Å². The van der Waals surface area contributed by atoms with Crippen LogP contribution in [0.1, 0.15) is 39.0 Å². The minimum atomic E-state index is -2.79. The van der Waals surface area contributed by atoms with Crippen LogP contribution in [0, 0.1) is 11.3 Å². The molecule has 1 saturated heterocycles. The molecule has 0 aromatic rings. The molecule has 5 nitrogen and oxygen atoms in total. The lowest BCUT2D eigenvalue weighted by molar-refractivity contribution is 0.268. The van der Waals surface area contributed by atoms with Gasteiger partial charge in [-0.05, 0) is 38.6 Å². The van der Waals surface area contributed by atoms with Crippen LogP contribution in [0.4, 0.5) is 0 Å². The van der Waals surface area contributed by atoms with Gasteiger partial charge in [0.05, 0.1) is 17.6 Å². The van der Waals surface area contributed by atoms with Crippen molar-refractivity contribution in [2.45, 2.75) is 50.6 Å². The Morgan fingerprint density at radius 3 is 2.50 bits per heavy atom. The number of rotatable bonds is 7. The Morgan fingerprint density at radius 1 is 1.35 bits per heavy atom. The highest BCUT2D eigenvalue weighted by Gasteiger charge is 2.34. The van der Waals surface area contributed by atoms with Crippen molar-refractivity contribution < 1.29 is 8.42 Å². The summed E-state index contributed by atoms with van der Waals surface area (Å²) >= 11 is 0. The van der Waals surface area contributed by atoms with Gasteiger partial charge in [-0.15, -0.1) is 0 Å². The lowest BCUT2D eigenvalue weighted by Gasteiger charge is -2.30. The predicted octanol–water partition coefficient (Wildman–Crippen LogP) is 0.921. The Kier molecular flexibility index (Phi) is 5.05. The highest BCUT2D eigenvalue weighted by atomic mass is 32.2. The maximum absolute atomic E-state index is 11.4. The topological polar surface area (TPSA) is 73.2 Å². The van der Waals surface area contributed by atoms with Crippen LogP contribution in [-0.4, -0.2) is 56.0 Å². The third-order valence-corrected chi connectivity index (χ3v) is 6.00. The average molecular weight is 299 g/mol. The van der Waals surface area contributed by atoms with E-state index in [2.05, 4.69) is 23.2 Å². The summed E-state index contributed by atoms with van der Waals surface area (Å²) in [5, 5.41) is 12.9. The zero-order valence-electron chi connectivity index (χ0n) is 12.3. The molecule has 0 radical (unpaired) electrons. The van der Waals surface area contributed by atoms with Gasteiger partial charge >= 0.3 is 0 Å². The second kappa shape index (κ2) is 6.42. The lowest BCUT2D eigenvalue weighted by atomic mass is 9.91. The van der Waals surface area contributed by atoms with Gasteiger partial charge < -0.3 is 4.90 Å². The molecule has 0 amide bonds. The summed E-state index contributed by atoms with van der Waals surface area (Å²) in [4.78, 5) is 2.20. The van der Waals surface area contributed by atoms with Crippen LogP contribution in [0.15, 0.2) is 0 Å². The molecule has 2 aliphatic rings. The van der Waals surface area contributed by atoms with Crippen LogP contribution in [0.5, 0.6) is 0 Å². The van der Waals surface area contributed by atoms with Gasteiger partial charge in [-0.2, -0.15) is 5.26 Å². The first-order valence-electron chi connectivity index (χ1n) is 7.60. The van der Waals surface area contributed by atoms with Crippen molar-refractivity contribution in [2.75, 3.05) is 31.1 Å². The standard InChI is InChI=1S/C14H25N3O2S/c1-2-14(12-15,16-13-4-5-13)6-3-7-17-8-10-20(18,19)11-9-17/h13,16H,2-11H2,1H3. The van der Waals surface area contributed by atoms with E-state index in [9.17, 15) is 13.7 Å². The number of sulfone groups is 1. The van der Waals surface area contributed by atoms with Gasteiger partial charge in [0.15, 0.2) is 9.84 Å². The molecule has 1 unspecified atom stereocenters. The van der Waals surface area contributed by atoms with Crippen LogP contribution in [0.2, 0.25) is 0 Å². The number of nitrogens with zero attached hydrogens (tertiary/aromatic N) is 2. The first-order chi connectivity index (χ1) is 9.49. The Hall–Kier alpha value is -0.640. The number of hydrogen-bond donors (Lipinski definition) is 1. The molecule has 114 valence electrons. The van der Waals surface area contributed by atoms with Crippen LogP contribution < -0.4 is 5.32 Å². The van der Waals surface area contributed by atoms with E-state index in [0.717, 1.165) is 25.8 Å². The quantitative estimate of drug-likeness (QED) is 0.757. The molecule has 1 N–H and O–H groups in total. The Labute approximate surface area is 122 Å². The number of hydrogen-bond acceptors (Lipinski definition) is 5. The van der Waals surface area contributed by atoms with Gasteiger partial charge in [0.1, 0.15) is 5.54 Å². The van der Waals surface area contributed by atoms with Gasteiger partial charge in [0, 0.05) is 19.1 Å². The fourth-order valence-corrected chi connectivity index (χ4v) is 3.99. The smallest absolute Gasteiger partial charge is 0.152 e. The third-order valence-electron chi connectivity index (χ3n) is 4.39. The fraction of sp³-hybridized carbons (Fsp3) is 0.929. The first kappa shape index (κ1) is 15.7. The summed E-state index contributed by atoms with van der Waals surface area (Å²) in [6.07, 6.45) is 5.00. The minimum Gasteiger partial charge on any atom is -0.301 e. The molecule has 0 bridgehead atoms. The van der Waals surface area contributed by atoms with Crippen LogP contribution in [-0.2, 0) is 9.84 Å². The zero-order chi connectivity index (χ0) is 14.6. The first-order valence-corrected chi connectivity index (χ1v) is 9.42. The Balaban J connectivity index is 1.74. The van der Waals surface area contributed by atoms with E-state index in [4.69, 9.17) is 0 Å². The van der Waals surface area contributed by atoms with Crippen molar-refractivity contribution in [3.8, 4) is 6.07 Å². The van der Waals surface area contributed by atoms with E-state index >= 15 is 0 Å². The third kappa shape index (κ3) is 4.44. The molecule has 1 saturated carbocycles. The van der Waals surface area contributed by atoms with E-state index in [0.29, 0.717) is 19.1 Å². The maximum Gasteiger partial charge on any atom is 0.152 e. The molecule has 1 aliphatic carbocycles. The van der Waals surface area contributed by atoms with Gasteiger partial charge in [0.25, 0.3) is 0 Å². The van der Waals surface area contributed by atoms with E-state index in [1.165, 1.54) is 12.8 Å². The van der Waals surface area contributed by atoms with Crippen LogP contribution in [0.3, 0.4) is 0 Å². The van der Waals surface area contributed by atoms with Crippen LogP contribution in [0.25, 0.3) is 0 Å². The largest absolute Gasteiger partial charge is 0.301 e. The van der Waals surface area contributed by atoms with Gasteiger partial charge in [-0.1, -0.05) is 6.92 Å². The van der Waals surface area contributed by atoms with Gasteiger partial charge in [-0.25, -0.2) is 8.42 Å². The van der Waals surface area contributed by atoms with Crippen molar-refractivity contribution in [1.29, 1.82) is 5.26 Å². The highest BCUT2D eigenvalue weighted by molar-refractivity contribution is 7.91. The van der Waals surface area contributed by atoms with Crippen molar-refractivity contribution in [3.05, 3.63) is 0 Å². The van der Waals surface area contributed by atoms with E-state index in [1.54, 1.807) is 0 Å². The molecule has 1 atom stereocenters. The summed E-state index contributed by atoms with van der Waals surface area (Å²) < 4.78 is 22.7. The minimum absolute atomic E-state index is 0.282.